The molecule has 3 rings (SSSR count). The average molecular weight is 363 g/mol. The number of aryl methyl sites for hydroxylation is 2. The first-order valence-corrected chi connectivity index (χ1v) is 8.72. The molecule has 0 amide bonds. The maximum atomic E-state index is 13.0. The zero-order valence-corrected chi connectivity index (χ0v) is 15.7. The van der Waals surface area contributed by atoms with Crippen LogP contribution in [0.25, 0.3) is 0 Å². The predicted molar refractivity (Wildman–Crippen MR) is 107 cm³/mol. The molecule has 0 saturated heterocycles. The molecule has 0 atom stereocenters. The molecule has 0 aliphatic rings. The third-order valence-corrected chi connectivity index (χ3v) is 4.21. The van der Waals surface area contributed by atoms with Crippen LogP contribution in [0.5, 0.6) is 11.5 Å². The topological polar surface area (TPSA) is 30.8 Å². The fourth-order valence-corrected chi connectivity index (χ4v) is 2.63. The van der Waals surface area contributed by atoms with Gasteiger partial charge >= 0.3 is 0 Å². The van der Waals surface area contributed by atoms with Crippen molar-refractivity contribution in [2.24, 2.45) is 4.99 Å². The van der Waals surface area contributed by atoms with Crippen molar-refractivity contribution >= 4 is 11.9 Å². The molecular formula is C23H22FNO2. The number of rotatable bonds is 6. The number of nitrogens with zero attached hydrogens (tertiary/aromatic N) is 1. The molecule has 27 heavy (non-hydrogen) atoms. The van der Waals surface area contributed by atoms with E-state index in [9.17, 15) is 4.39 Å². The van der Waals surface area contributed by atoms with Gasteiger partial charge in [-0.2, -0.15) is 0 Å². The zero-order chi connectivity index (χ0) is 19.2. The van der Waals surface area contributed by atoms with E-state index in [-0.39, 0.29) is 5.82 Å². The second-order valence-corrected chi connectivity index (χ2v) is 6.37. The van der Waals surface area contributed by atoms with Gasteiger partial charge in [-0.25, -0.2) is 4.39 Å². The molecule has 0 aliphatic carbocycles. The summed E-state index contributed by atoms with van der Waals surface area (Å²) in [5, 5.41) is 0. The van der Waals surface area contributed by atoms with Crippen molar-refractivity contribution in [2.45, 2.75) is 20.5 Å². The maximum Gasteiger partial charge on any atom is 0.161 e. The summed E-state index contributed by atoms with van der Waals surface area (Å²) in [6.45, 7) is 4.43. The van der Waals surface area contributed by atoms with Gasteiger partial charge in [0.25, 0.3) is 0 Å². The highest BCUT2D eigenvalue weighted by Crippen LogP contribution is 2.29. The fraction of sp³-hybridized carbons (Fsp3) is 0.174. The Morgan fingerprint density at radius 3 is 2.44 bits per heavy atom. The third-order valence-electron chi connectivity index (χ3n) is 4.21. The zero-order valence-electron chi connectivity index (χ0n) is 15.7. The molecule has 3 aromatic carbocycles. The second-order valence-electron chi connectivity index (χ2n) is 6.37. The minimum Gasteiger partial charge on any atom is -0.493 e. The van der Waals surface area contributed by atoms with Crippen LogP contribution in [0.2, 0.25) is 0 Å². The van der Waals surface area contributed by atoms with Crippen LogP contribution in [0, 0.1) is 19.7 Å². The molecule has 0 saturated carbocycles. The van der Waals surface area contributed by atoms with Crippen LogP contribution in [0.4, 0.5) is 10.1 Å². The van der Waals surface area contributed by atoms with Gasteiger partial charge in [0.1, 0.15) is 12.4 Å². The molecule has 0 heterocycles. The summed E-state index contributed by atoms with van der Waals surface area (Å²) in [5.41, 5.74) is 5.06. The van der Waals surface area contributed by atoms with Crippen molar-refractivity contribution in [3.8, 4) is 11.5 Å². The van der Waals surface area contributed by atoms with Crippen molar-refractivity contribution < 1.29 is 13.9 Å². The molecule has 3 nitrogen and oxygen atoms in total. The van der Waals surface area contributed by atoms with Gasteiger partial charge < -0.3 is 9.47 Å². The second kappa shape index (κ2) is 8.49. The van der Waals surface area contributed by atoms with Crippen molar-refractivity contribution in [1.82, 2.24) is 0 Å². The maximum absolute atomic E-state index is 13.0. The first kappa shape index (κ1) is 18.6. The van der Waals surface area contributed by atoms with Gasteiger partial charge in [0.15, 0.2) is 11.5 Å². The van der Waals surface area contributed by atoms with Gasteiger partial charge in [-0.1, -0.05) is 24.3 Å². The van der Waals surface area contributed by atoms with Crippen LogP contribution in [0.1, 0.15) is 22.3 Å². The highest BCUT2D eigenvalue weighted by Gasteiger charge is 2.06. The van der Waals surface area contributed by atoms with Gasteiger partial charge in [-0.15, -0.1) is 0 Å². The quantitative estimate of drug-likeness (QED) is 0.520. The molecule has 0 bridgehead atoms. The van der Waals surface area contributed by atoms with Crippen molar-refractivity contribution in [3.63, 3.8) is 0 Å². The Kier molecular flexibility index (Phi) is 5.87. The lowest BCUT2D eigenvalue weighted by atomic mass is 10.1. The van der Waals surface area contributed by atoms with E-state index in [0.717, 1.165) is 22.4 Å². The molecule has 0 N–H and O–H groups in total. The molecule has 0 spiro atoms. The summed E-state index contributed by atoms with van der Waals surface area (Å²) in [5.74, 6) is 0.997. The summed E-state index contributed by atoms with van der Waals surface area (Å²) in [4.78, 5) is 4.59. The van der Waals surface area contributed by atoms with Gasteiger partial charge in [-0.3, -0.25) is 4.99 Å². The number of methoxy groups -OCH3 is 1. The van der Waals surface area contributed by atoms with Crippen molar-refractivity contribution in [3.05, 3.63) is 88.7 Å². The summed E-state index contributed by atoms with van der Waals surface area (Å²) in [7, 11) is 1.60. The molecule has 0 aromatic heterocycles. The fourth-order valence-electron chi connectivity index (χ4n) is 2.63. The van der Waals surface area contributed by atoms with E-state index in [4.69, 9.17) is 9.47 Å². The van der Waals surface area contributed by atoms with E-state index in [1.807, 2.05) is 31.3 Å². The first-order valence-electron chi connectivity index (χ1n) is 8.72. The monoisotopic (exact) mass is 363 g/mol. The molecular weight excluding hydrogens is 341 g/mol. The molecule has 0 fully saturated rings. The van der Waals surface area contributed by atoms with Gasteiger partial charge in [-0.05, 0) is 72.5 Å². The predicted octanol–water partition coefficient (Wildman–Crippen LogP) is 5.78. The van der Waals surface area contributed by atoms with Crippen molar-refractivity contribution in [1.29, 1.82) is 0 Å². The van der Waals surface area contributed by atoms with E-state index in [2.05, 4.69) is 30.1 Å². The Labute approximate surface area is 159 Å². The van der Waals surface area contributed by atoms with E-state index in [1.165, 1.54) is 17.7 Å². The van der Waals surface area contributed by atoms with Crippen LogP contribution in [0.3, 0.4) is 0 Å². The Morgan fingerprint density at radius 2 is 1.70 bits per heavy atom. The molecule has 4 heteroatoms. The minimum absolute atomic E-state index is 0.260. The Bertz CT molecular complexity index is 949. The molecule has 0 aliphatic heterocycles. The van der Waals surface area contributed by atoms with Gasteiger partial charge in [0, 0.05) is 6.21 Å². The average Bonchev–Trinajstić information content (AvgIpc) is 2.68. The standard InChI is InChI=1S/C23H22FNO2/c1-16-4-5-17(2)21(12-16)25-14-19-8-11-22(23(13-19)26-3)27-15-18-6-9-20(24)10-7-18/h4-14H,15H2,1-3H3. The smallest absolute Gasteiger partial charge is 0.161 e. The Balaban J connectivity index is 1.74. The van der Waals surface area contributed by atoms with Crippen LogP contribution >= 0.6 is 0 Å². The number of halogens is 1. The van der Waals surface area contributed by atoms with Gasteiger partial charge in [0.05, 0.1) is 12.8 Å². The van der Waals surface area contributed by atoms with Crippen LogP contribution in [-0.4, -0.2) is 13.3 Å². The SMILES string of the molecule is COc1cc(C=Nc2cc(C)ccc2C)ccc1OCc1ccc(F)cc1. The van der Waals surface area contributed by atoms with E-state index in [1.54, 1.807) is 19.2 Å². The largest absolute Gasteiger partial charge is 0.493 e. The molecule has 3 aromatic rings. The lowest BCUT2D eigenvalue weighted by Gasteiger charge is -2.11. The summed E-state index contributed by atoms with van der Waals surface area (Å²) in [6.07, 6.45) is 1.81. The highest BCUT2D eigenvalue weighted by atomic mass is 19.1. The molecule has 0 unspecified atom stereocenters. The first-order chi connectivity index (χ1) is 13.0. The Morgan fingerprint density at radius 1 is 0.926 bits per heavy atom. The highest BCUT2D eigenvalue weighted by molar-refractivity contribution is 5.83. The van der Waals surface area contributed by atoms with Crippen LogP contribution in [0.15, 0.2) is 65.7 Å². The van der Waals surface area contributed by atoms with E-state index < -0.39 is 0 Å². The minimum atomic E-state index is -0.260. The number of benzene rings is 3. The number of ether oxygens (including phenoxy) is 2. The van der Waals surface area contributed by atoms with Crippen LogP contribution in [-0.2, 0) is 6.61 Å². The summed E-state index contributed by atoms with van der Waals surface area (Å²) >= 11 is 0. The molecule has 0 radical (unpaired) electrons. The number of aliphatic imine (C=N–C) groups is 1. The molecule has 138 valence electrons. The van der Waals surface area contributed by atoms with Gasteiger partial charge in [0.2, 0.25) is 0 Å². The third kappa shape index (κ3) is 4.94. The number of hydrogen-bond acceptors (Lipinski definition) is 3. The van der Waals surface area contributed by atoms with Crippen LogP contribution < -0.4 is 9.47 Å². The summed E-state index contributed by atoms with van der Waals surface area (Å²) in [6, 6.07) is 18.1. The van der Waals surface area contributed by atoms with E-state index >= 15 is 0 Å². The lowest BCUT2D eigenvalue weighted by molar-refractivity contribution is 0.284. The summed E-state index contributed by atoms with van der Waals surface area (Å²) < 4.78 is 24.2. The van der Waals surface area contributed by atoms with Crippen molar-refractivity contribution in [2.75, 3.05) is 7.11 Å². The Hall–Kier alpha value is -3.14. The lowest BCUT2D eigenvalue weighted by Crippen LogP contribution is -1.98. The van der Waals surface area contributed by atoms with E-state index in [0.29, 0.717) is 18.1 Å². The number of hydrogen-bond donors (Lipinski definition) is 0. The normalized spacial score (nSPS) is 11.0.